The number of hydrogen-bond acceptors (Lipinski definition) is 2. The van der Waals surface area contributed by atoms with Crippen molar-refractivity contribution < 1.29 is 0 Å². The Kier molecular flexibility index (Phi) is 8.94. The lowest BCUT2D eigenvalue weighted by molar-refractivity contribution is 0.158. The molecule has 2 aromatic carbocycles. The Hall–Kier alpha value is -1.15. The molecule has 0 heterocycles. The van der Waals surface area contributed by atoms with Crippen molar-refractivity contribution in [2.24, 2.45) is 5.92 Å². The molecule has 0 N–H and O–H groups in total. The van der Waals surface area contributed by atoms with Gasteiger partial charge >= 0.3 is 0 Å². The minimum atomic E-state index is -0.539. The molecule has 3 unspecified atom stereocenters. The van der Waals surface area contributed by atoms with Crippen molar-refractivity contribution >= 4 is 31.9 Å². The van der Waals surface area contributed by atoms with E-state index in [1.54, 1.807) is 0 Å². The molecule has 2 nitrogen and oxygen atoms in total. The largest absolute Gasteiger partial charge is 0.297 e. The van der Waals surface area contributed by atoms with Gasteiger partial charge in [0.2, 0.25) is 0 Å². The number of hydrogen-bond donors (Lipinski definition) is 0. The summed E-state index contributed by atoms with van der Waals surface area (Å²) in [6, 6.07) is 20.2. The highest BCUT2D eigenvalue weighted by Gasteiger charge is 2.39. The quantitative estimate of drug-likeness (QED) is 0.336. The Morgan fingerprint density at radius 3 is 2.07 bits per heavy atom. The second-order valence-corrected chi connectivity index (χ2v) is 9.90. The van der Waals surface area contributed by atoms with Gasteiger partial charge in [0.15, 0.2) is 0 Å². The second-order valence-electron chi connectivity index (χ2n) is 8.19. The van der Waals surface area contributed by atoms with Crippen LogP contribution >= 0.6 is 31.9 Å². The molecular formula is C25H32Br2N2. The van der Waals surface area contributed by atoms with Crippen LogP contribution in [-0.4, -0.2) is 18.0 Å². The van der Waals surface area contributed by atoms with E-state index in [4.69, 9.17) is 0 Å². The maximum absolute atomic E-state index is 10.4. The monoisotopic (exact) mass is 518 g/mol. The number of halogens is 2. The van der Waals surface area contributed by atoms with Crippen molar-refractivity contribution in [2.45, 2.75) is 64.5 Å². The number of nitrogens with zero attached hydrogens (tertiary/aromatic N) is 2. The molecule has 0 aromatic heterocycles. The van der Waals surface area contributed by atoms with E-state index in [2.05, 4.69) is 108 Å². The number of benzene rings is 2. The standard InChI is InChI=1S/C25H32Br2N2/c1-6-21(29(5)19(4)20-11-8-7-9-12-20)15-16-25(17-28,18(2)3)24-22(26)13-10-14-23(24)27/h7-14,18-19,21H,6,15-16H2,1-5H3. The van der Waals surface area contributed by atoms with E-state index >= 15 is 0 Å². The van der Waals surface area contributed by atoms with Crippen LogP contribution in [0.5, 0.6) is 0 Å². The number of nitriles is 1. The van der Waals surface area contributed by atoms with Crippen LogP contribution < -0.4 is 0 Å². The zero-order valence-corrected chi connectivity index (χ0v) is 21.3. The minimum Gasteiger partial charge on any atom is -0.297 e. The van der Waals surface area contributed by atoms with Crippen molar-refractivity contribution in [1.29, 1.82) is 5.26 Å². The molecule has 0 spiro atoms. The summed E-state index contributed by atoms with van der Waals surface area (Å²) in [5.74, 6) is 0.205. The molecule has 0 saturated heterocycles. The molecule has 0 radical (unpaired) electrons. The normalized spacial score (nSPS) is 15.7. The minimum absolute atomic E-state index is 0.205. The molecule has 0 aliphatic heterocycles. The lowest BCUT2D eigenvalue weighted by Crippen LogP contribution is -2.38. The van der Waals surface area contributed by atoms with Crippen LogP contribution in [0.25, 0.3) is 0 Å². The predicted octanol–water partition coefficient (Wildman–Crippen LogP) is 7.88. The average Bonchev–Trinajstić information content (AvgIpc) is 2.72. The molecular weight excluding hydrogens is 488 g/mol. The number of rotatable bonds is 9. The Morgan fingerprint density at radius 2 is 1.59 bits per heavy atom. The van der Waals surface area contributed by atoms with E-state index in [0.717, 1.165) is 33.8 Å². The van der Waals surface area contributed by atoms with Gasteiger partial charge < -0.3 is 0 Å². The first-order valence-corrected chi connectivity index (χ1v) is 12.0. The second kappa shape index (κ2) is 10.8. The molecule has 0 aliphatic rings. The van der Waals surface area contributed by atoms with Gasteiger partial charge in [0.05, 0.1) is 11.5 Å². The zero-order valence-electron chi connectivity index (χ0n) is 18.1. The van der Waals surface area contributed by atoms with E-state index in [-0.39, 0.29) is 5.92 Å². The summed E-state index contributed by atoms with van der Waals surface area (Å²) in [6.07, 6.45) is 2.86. The summed E-state index contributed by atoms with van der Waals surface area (Å²) in [5.41, 5.74) is 1.87. The van der Waals surface area contributed by atoms with Crippen LogP contribution in [0.3, 0.4) is 0 Å². The Balaban J connectivity index is 2.29. The summed E-state index contributed by atoms with van der Waals surface area (Å²) >= 11 is 7.41. The van der Waals surface area contributed by atoms with Crippen LogP contribution in [0.4, 0.5) is 0 Å². The molecule has 4 heteroatoms. The molecule has 0 saturated carbocycles. The Bertz CT molecular complexity index is 808. The van der Waals surface area contributed by atoms with Gasteiger partial charge in [-0.25, -0.2) is 0 Å². The third-order valence-electron chi connectivity index (χ3n) is 6.41. The maximum Gasteiger partial charge on any atom is 0.0867 e. The van der Waals surface area contributed by atoms with Gasteiger partial charge in [-0.1, -0.05) is 89.0 Å². The van der Waals surface area contributed by atoms with E-state index in [1.807, 2.05) is 18.2 Å². The molecule has 0 fully saturated rings. The van der Waals surface area contributed by atoms with Gasteiger partial charge in [0.1, 0.15) is 0 Å². The van der Waals surface area contributed by atoms with Gasteiger partial charge in [-0.15, -0.1) is 0 Å². The fourth-order valence-corrected chi connectivity index (χ4v) is 5.95. The van der Waals surface area contributed by atoms with Crippen molar-refractivity contribution in [3.63, 3.8) is 0 Å². The fourth-order valence-electron chi connectivity index (χ4n) is 4.24. The Labute approximate surface area is 193 Å². The van der Waals surface area contributed by atoms with Crippen LogP contribution in [-0.2, 0) is 5.41 Å². The first-order valence-electron chi connectivity index (χ1n) is 10.4. The van der Waals surface area contributed by atoms with Gasteiger partial charge in [-0.2, -0.15) is 5.26 Å². The highest BCUT2D eigenvalue weighted by atomic mass is 79.9. The molecule has 156 valence electrons. The van der Waals surface area contributed by atoms with Gasteiger partial charge in [0.25, 0.3) is 0 Å². The molecule has 3 atom stereocenters. The van der Waals surface area contributed by atoms with Crippen molar-refractivity contribution in [3.8, 4) is 6.07 Å². The van der Waals surface area contributed by atoms with Crippen LogP contribution in [0.2, 0.25) is 0 Å². The maximum atomic E-state index is 10.4. The van der Waals surface area contributed by atoms with Crippen LogP contribution in [0, 0.1) is 17.2 Å². The summed E-state index contributed by atoms with van der Waals surface area (Å²) in [4.78, 5) is 2.47. The molecule has 0 bridgehead atoms. The summed E-state index contributed by atoms with van der Waals surface area (Å²) in [5, 5.41) is 10.4. The van der Waals surface area contributed by atoms with Gasteiger partial charge in [-0.05, 0) is 56.8 Å². The topological polar surface area (TPSA) is 27.0 Å². The highest BCUT2D eigenvalue weighted by molar-refractivity contribution is 9.11. The predicted molar refractivity (Wildman–Crippen MR) is 130 cm³/mol. The average molecular weight is 520 g/mol. The molecule has 2 rings (SSSR count). The SMILES string of the molecule is CCC(CCC(C#N)(c1c(Br)cccc1Br)C(C)C)N(C)C(C)c1ccccc1. The molecule has 29 heavy (non-hydrogen) atoms. The zero-order chi connectivity index (χ0) is 21.6. The van der Waals surface area contributed by atoms with Crippen molar-refractivity contribution in [3.05, 3.63) is 68.6 Å². The van der Waals surface area contributed by atoms with E-state index in [0.29, 0.717) is 12.1 Å². The van der Waals surface area contributed by atoms with Crippen molar-refractivity contribution in [1.82, 2.24) is 4.90 Å². The lowest BCUT2D eigenvalue weighted by atomic mass is 9.69. The fraction of sp³-hybridized carbons (Fsp3) is 0.480. The van der Waals surface area contributed by atoms with Gasteiger partial charge in [0, 0.05) is 26.6 Å². The third kappa shape index (κ3) is 5.32. The van der Waals surface area contributed by atoms with E-state index in [1.165, 1.54) is 5.56 Å². The lowest BCUT2D eigenvalue weighted by Gasteiger charge is -2.38. The van der Waals surface area contributed by atoms with Crippen LogP contribution in [0.1, 0.15) is 64.1 Å². The van der Waals surface area contributed by atoms with Gasteiger partial charge in [-0.3, -0.25) is 4.90 Å². The first-order chi connectivity index (χ1) is 13.8. The van der Waals surface area contributed by atoms with Crippen LogP contribution in [0.15, 0.2) is 57.5 Å². The smallest absolute Gasteiger partial charge is 0.0867 e. The molecule has 2 aromatic rings. The molecule has 0 aliphatic carbocycles. The third-order valence-corrected chi connectivity index (χ3v) is 7.73. The summed E-state index contributed by atoms with van der Waals surface area (Å²) in [7, 11) is 2.21. The first kappa shape index (κ1) is 24.1. The van der Waals surface area contributed by atoms with Crippen molar-refractivity contribution in [2.75, 3.05) is 7.05 Å². The van der Waals surface area contributed by atoms with E-state index < -0.39 is 5.41 Å². The highest BCUT2D eigenvalue weighted by Crippen LogP contribution is 2.44. The Morgan fingerprint density at radius 1 is 1.00 bits per heavy atom. The van der Waals surface area contributed by atoms with E-state index in [9.17, 15) is 5.26 Å². The summed E-state index contributed by atoms with van der Waals surface area (Å²) in [6.45, 7) is 8.83. The molecule has 0 amide bonds. The summed E-state index contributed by atoms with van der Waals surface area (Å²) < 4.78 is 2.00.